The van der Waals surface area contributed by atoms with Crippen molar-refractivity contribution in [1.82, 2.24) is 0 Å². The minimum Gasteiger partial charge on any atom is -0.322 e. The van der Waals surface area contributed by atoms with E-state index in [1.807, 2.05) is 0 Å². The van der Waals surface area contributed by atoms with Crippen LogP contribution in [0.4, 0.5) is 22.7 Å². The maximum atomic E-state index is 12.6. The second kappa shape index (κ2) is 8.61. The topological polar surface area (TPSA) is 144 Å². The Balaban J connectivity index is 1.77. The van der Waals surface area contributed by atoms with Gasteiger partial charge >= 0.3 is 0 Å². The number of nitrogens with zero attached hydrogens (tertiary/aromatic N) is 2. The Morgan fingerprint density at radius 2 is 0.933 bits per heavy atom. The van der Waals surface area contributed by atoms with Crippen LogP contribution >= 0.6 is 0 Å². The zero-order chi connectivity index (χ0) is 21.7. The van der Waals surface area contributed by atoms with Gasteiger partial charge in [-0.05, 0) is 36.4 Å². The minimum absolute atomic E-state index is 0.0928. The van der Waals surface area contributed by atoms with Crippen molar-refractivity contribution in [2.24, 2.45) is 0 Å². The zero-order valence-electron chi connectivity index (χ0n) is 15.3. The first-order chi connectivity index (χ1) is 14.3. The molecule has 0 atom stereocenters. The molecule has 0 heterocycles. The maximum Gasteiger partial charge on any atom is 0.269 e. The maximum absolute atomic E-state index is 12.6. The van der Waals surface area contributed by atoms with Crippen LogP contribution in [-0.2, 0) is 0 Å². The third-order valence-corrected chi connectivity index (χ3v) is 4.09. The highest BCUT2D eigenvalue weighted by Gasteiger charge is 2.18. The van der Waals surface area contributed by atoms with Crippen molar-refractivity contribution in [1.29, 1.82) is 0 Å². The highest BCUT2D eigenvalue weighted by molar-refractivity contribution is 6.15. The fourth-order valence-electron chi connectivity index (χ4n) is 2.61. The molecule has 0 saturated heterocycles. The van der Waals surface area contributed by atoms with Crippen LogP contribution in [0, 0.1) is 20.2 Å². The summed E-state index contributed by atoms with van der Waals surface area (Å²) in [6, 6.07) is 16.7. The number of nitro benzene ring substituents is 2. The molecule has 0 radical (unpaired) electrons. The number of carbonyl (C=O) groups excluding carboxylic acids is 2. The Kier molecular flexibility index (Phi) is 5.78. The highest BCUT2D eigenvalue weighted by Crippen LogP contribution is 2.19. The Morgan fingerprint density at radius 1 is 0.600 bits per heavy atom. The molecule has 0 bridgehead atoms. The van der Waals surface area contributed by atoms with E-state index in [0.29, 0.717) is 11.4 Å². The minimum atomic E-state index is -0.571. The normalized spacial score (nSPS) is 10.1. The smallest absolute Gasteiger partial charge is 0.269 e. The average molecular weight is 406 g/mol. The summed E-state index contributed by atoms with van der Waals surface area (Å²) >= 11 is 0. The summed E-state index contributed by atoms with van der Waals surface area (Å²) in [7, 11) is 0. The summed E-state index contributed by atoms with van der Waals surface area (Å²) in [6.45, 7) is 0. The fraction of sp³-hybridized carbons (Fsp3) is 0. The number of nitro groups is 2. The van der Waals surface area contributed by atoms with Crippen molar-refractivity contribution in [2.75, 3.05) is 10.6 Å². The molecule has 2 amide bonds. The molecule has 0 aliphatic heterocycles. The van der Waals surface area contributed by atoms with Gasteiger partial charge in [-0.2, -0.15) is 0 Å². The molecular weight excluding hydrogens is 392 g/mol. The Hall–Kier alpha value is -4.60. The monoisotopic (exact) mass is 406 g/mol. The van der Waals surface area contributed by atoms with E-state index < -0.39 is 21.7 Å². The molecule has 0 aromatic heterocycles. The number of benzene rings is 3. The lowest BCUT2D eigenvalue weighted by molar-refractivity contribution is -0.385. The van der Waals surface area contributed by atoms with Gasteiger partial charge in [-0.1, -0.05) is 12.1 Å². The average Bonchev–Trinajstić information content (AvgIpc) is 2.74. The lowest BCUT2D eigenvalue weighted by Gasteiger charge is -2.11. The molecule has 150 valence electrons. The van der Waals surface area contributed by atoms with E-state index in [0.717, 1.165) is 0 Å². The van der Waals surface area contributed by atoms with Crippen LogP contribution in [0.2, 0.25) is 0 Å². The van der Waals surface area contributed by atoms with Crippen LogP contribution in [0.15, 0.2) is 72.8 Å². The molecule has 0 aliphatic carbocycles. The molecule has 3 aromatic rings. The first kappa shape index (κ1) is 20.1. The van der Waals surface area contributed by atoms with Gasteiger partial charge in [0.25, 0.3) is 23.2 Å². The molecule has 2 N–H and O–H groups in total. The first-order valence-corrected chi connectivity index (χ1v) is 8.56. The van der Waals surface area contributed by atoms with Gasteiger partial charge in [0.1, 0.15) is 0 Å². The van der Waals surface area contributed by atoms with Gasteiger partial charge in [-0.3, -0.25) is 29.8 Å². The summed E-state index contributed by atoms with van der Waals surface area (Å²) in [5.41, 5.74) is 0.615. The summed E-state index contributed by atoms with van der Waals surface area (Å²) in [6.07, 6.45) is 0. The number of hydrogen-bond acceptors (Lipinski definition) is 6. The van der Waals surface area contributed by atoms with Crippen LogP contribution in [0.5, 0.6) is 0 Å². The largest absolute Gasteiger partial charge is 0.322 e. The summed E-state index contributed by atoms with van der Waals surface area (Å²) in [4.78, 5) is 45.6. The van der Waals surface area contributed by atoms with E-state index in [4.69, 9.17) is 0 Å². The number of hydrogen-bond donors (Lipinski definition) is 2. The van der Waals surface area contributed by atoms with E-state index in [1.54, 1.807) is 12.1 Å². The molecule has 10 nitrogen and oxygen atoms in total. The van der Waals surface area contributed by atoms with E-state index in [9.17, 15) is 29.8 Å². The number of carbonyl (C=O) groups is 2. The van der Waals surface area contributed by atoms with E-state index in [2.05, 4.69) is 10.6 Å². The fourth-order valence-corrected chi connectivity index (χ4v) is 2.61. The zero-order valence-corrected chi connectivity index (χ0v) is 15.3. The highest BCUT2D eigenvalue weighted by atomic mass is 16.6. The van der Waals surface area contributed by atoms with Crippen molar-refractivity contribution < 1.29 is 19.4 Å². The summed E-state index contributed by atoms with van der Waals surface area (Å²) < 4.78 is 0. The van der Waals surface area contributed by atoms with Gasteiger partial charge in [0.15, 0.2) is 0 Å². The van der Waals surface area contributed by atoms with Crippen molar-refractivity contribution in [3.05, 3.63) is 104 Å². The predicted octanol–water partition coefficient (Wildman–Crippen LogP) is 4.01. The van der Waals surface area contributed by atoms with Gasteiger partial charge in [-0.15, -0.1) is 0 Å². The van der Waals surface area contributed by atoms with Gasteiger partial charge in [-0.25, -0.2) is 0 Å². The summed E-state index contributed by atoms with van der Waals surface area (Å²) in [5.74, 6) is -1.14. The predicted molar refractivity (Wildman–Crippen MR) is 109 cm³/mol. The second-order valence-electron chi connectivity index (χ2n) is 6.06. The Bertz CT molecular complexity index is 1040. The Morgan fingerprint density at radius 3 is 1.23 bits per heavy atom. The number of amides is 2. The molecule has 0 saturated carbocycles. The lowest BCUT2D eigenvalue weighted by Crippen LogP contribution is -2.20. The van der Waals surface area contributed by atoms with Gasteiger partial charge in [0, 0.05) is 35.6 Å². The number of anilines is 2. The van der Waals surface area contributed by atoms with E-state index in [1.165, 1.54) is 60.7 Å². The third kappa shape index (κ3) is 4.62. The van der Waals surface area contributed by atoms with Crippen LogP contribution in [0.3, 0.4) is 0 Å². The third-order valence-electron chi connectivity index (χ3n) is 4.09. The quantitative estimate of drug-likeness (QED) is 0.467. The van der Waals surface area contributed by atoms with Crippen LogP contribution in [-0.4, -0.2) is 21.7 Å². The molecule has 0 fully saturated rings. The SMILES string of the molecule is O=C(Nc1ccc([N+](=O)[O-])cc1)c1ccccc1C(=O)Nc1ccc([N+](=O)[O-])cc1. The van der Waals surface area contributed by atoms with Crippen LogP contribution < -0.4 is 10.6 Å². The van der Waals surface area contributed by atoms with Gasteiger partial charge in [0.2, 0.25) is 0 Å². The van der Waals surface area contributed by atoms with Crippen molar-refractivity contribution in [3.63, 3.8) is 0 Å². The van der Waals surface area contributed by atoms with Gasteiger partial charge < -0.3 is 10.6 Å². The lowest BCUT2D eigenvalue weighted by atomic mass is 10.1. The van der Waals surface area contributed by atoms with Gasteiger partial charge in [0.05, 0.1) is 21.0 Å². The van der Waals surface area contributed by atoms with Crippen molar-refractivity contribution in [3.8, 4) is 0 Å². The molecule has 30 heavy (non-hydrogen) atoms. The number of non-ortho nitro benzene ring substituents is 2. The molecule has 3 rings (SSSR count). The van der Waals surface area contributed by atoms with Crippen molar-refractivity contribution in [2.45, 2.75) is 0 Å². The Labute approximate surface area is 169 Å². The molecular formula is C20H14N4O6. The molecule has 0 spiro atoms. The standard InChI is InChI=1S/C20H14N4O6/c25-19(21-13-5-9-15(10-6-13)23(27)28)17-3-1-2-4-18(17)20(26)22-14-7-11-16(12-8-14)24(29)30/h1-12H,(H,21,25)(H,22,26). The molecule has 0 unspecified atom stereocenters. The molecule has 0 aliphatic rings. The van der Waals surface area contributed by atoms with E-state index >= 15 is 0 Å². The van der Waals surface area contributed by atoms with Crippen molar-refractivity contribution >= 4 is 34.6 Å². The molecule has 3 aromatic carbocycles. The van der Waals surface area contributed by atoms with Crippen LogP contribution in [0.25, 0.3) is 0 Å². The number of nitrogens with one attached hydrogen (secondary N) is 2. The summed E-state index contributed by atoms with van der Waals surface area (Å²) in [5, 5.41) is 26.6. The van der Waals surface area contributed by atoms with E-state index in [-0.39, 0.29) is 22.5 Å². The number of rotatable bonds is 6. The first-order valence-electron chi connectivity index (χ1n) is 8.56. The second-order valence-corrected chi connectivity index (χ2v) is 6.06. The van der Waals surface area contributed by atoms with Crippen LogP contribution in [0.1, 0.15) is 20.7 Å². The molecule has 10 heteroatoms.